The highest BCUT2D eigenvalue weighted by Gasteiger charge is 2.18. The van der Waals surface area contributed by atoms with E-state index in [2.05, 4.69) is 35.3 Å². The van der Waals surface area contributed by atoms with Crippen molar-refractivity contribution in [3.63, 3.8) is 0 Å². The van der Waals surface area contributed by atoms with Crippen molar-refractivity contribution < 1.29 is 4.42 Å². The summed E-state index contributed by atoms with van der Waals surface area (Å²) in [6.45, 7) is 0. The monoisotopic (exact) mass is 489 g/mol. The van der Waals surface area contributed by atoms with Crippen LogP contribution in [0.25, 0.3) is 71.8 Å². The topological polar surface area (TPSA) is 60.4 Å². The van der Waals surface area contributed by atoms with Crippen molar-refractivity contribution in [2.24, 2.45) is 0 Å². The zero-order valence-corrected chi connectivity index (χ0v) is 20.1. The fourth-order valence-electron chi connectivity index (χ4n) is 5.56. The molecule has 0 fully saturated rings. The summed E-state index contributed by atoms with van der Waals surface area (Å²) in [5, 5.41) is 4.80. The van der Waals surface area contributed by atoms with Crippen molar-refractivity contribution >= 4 is 49.3 Å². The van der Waals surface area contributed by atoms with Crippen LogP contribution < -0.4 is 5.69 Å². The van der Waals surface area contributed by atoms with Crippen LogP contribution in [0.1, 0.15) is 0 Å². The van der Waals surface area contributed by atoms with Crippen molar-refractivity contribution in [3.05, 3.63) is 126 Å². The molecular weight excluding hydrogens is 470 g/mol. The second-order valence-electron chi connectivity index (χ2n) is 9.41. The molecule has 5 aromatic carbocycles. The van der Waals surface area contributed by atoms with Gasteiger partial charge in [-0.3, -0.25) is 0 Å². The van der Waals surface area contributed by atoms with Gasteiger partial charge in [-0.15, -0.1) is 0 Å². The molecule has 0 saturated heterocycles. The molecule has 0 amide bonds. The maximum absolute atomic E-state index is 13.6. The molecule has 0 aliphatic rings. The SMILES string of the molecule is O=c1nc(-c2cccc3oc4ccc(-c5ccccc5)cc4c23)nc2c3ccccc3c3ccccc3n12. The van der Waals surface area contributed by atoms with Crippen LogP contribution in [0, 0.1) is 0 Å². The molecule has 38 heavy (non-hydrogen) atoms. The molecule has 8 aromatic rings. The molecule has 0 aliphatic heterocycles. The Morgan fingerprint density at radius 3 is 2.21 bits per heavy atom. The van der Waals surface area contributed by atoms with Crippen molar-refractivity contribution in [3.8, 4) is 22.5 Å². The van der Waals surface area contributed by atoms with E-state index in [4.69, 9.17) is 9.40 Å². The van der Waals surface area contributed by atoms with E-state index in [0.717, 1.165) is 60.3 Å². The summed E-state index contributed by atoms with van der Waals surface area (Å²) < 4.78 is 7.83. The van der Waals surface area contributed by atoms with Crippen LogP contribution in [0.3, 0.4) is 0 Å². The predicted molar refractivity (Wildman–Crippen MR) is 152 cm³/mol. The molecular formula is C33H19N3O2. The highest BCUT2D eigenvalue weighted by Crippen LogP contribution is 2.38. The molecule has 0 saturated carbocycles. The van der Waals surface area contributed by atoms with Gasteiger partial charge in [-0.25, -0.2) is 14.2 Å². The maximum Gasteiger partial charge on any atom is 0.355 e. The number of rotatable bonds is 2. The minimum absolute atomic E-state index is 0.360. The molecule has 0 aliphatic carbocycles. The zero-order valence-electron chi connectivity index (χ0n) is 20.1. The second-order valence-corrected chi connectivity index (χ2v) is 9.41. The first kappa shape index (κ1) is 20.9. The molecule has 0 radical (unpaired) electrons. The maximum atomic E-state index is 13.6. The number of nitrogens with zero attached hydrogens (tertiary/aromatic N) is 3. The number of para-hydroxylation sites is 1. The van der Waals surface area contributed by atoms with Gasteiger partial charge in [0.25, 0.3) is 0 Å². The molecule has 0 bridgehead atoms. The van der Waals surface area contributed by atoms with Gasteiger partial charge in [0.2, 0.25) is 0 Å². The van der Waals surface area contributed by atoms with E-state index in [1.807, 2.05) is 84.9 Å². The van der Waals surface area contributed by atoms with Gasteiger partial charge >= 0.3 is 5.69 Å². The van der Waals surface area contributed by atoms with E-state index < -0.39 is 0 Å². The lowest BCUT2D eigenvalue weighted by molar-refractivity contribution is 0.669. The van der Waals surface area contributed by atoms with Crippen molar-refractivity contribution in [2.75, 3.05) is 0 Å². The number of pyridine rings is 1. The lowest BCUT2D eigenvalue weighted by atomic mass is 10.0. The Balaban J connectivity index is 1.46. The third-order valence-corrected chi connectivity index (χ3v) is 7.26. The Hall–Kier alpha value is -5.29. The Bertz CT molecular complexity index is 2260. The number of aromatic nitrogens is 3. The van der Waals surface area contributed by atoms with E-state index in [-0.39, 0.29) is 5.69 Å². The minimum atomic E-state index is -0.360. The van der Waals surface area contributed by atoms with Gasteiger partial charge in [0.15, 0.2) is 11.5 Å². The van der Waals surface area contributed by atoms with Gasteiger partial charge in [-0.05, 0) is 40.8 Å². The number of benzene rings is 5. The van der Waals surface area contributed by atoms with Gasteiger partial charge in [-0.2, -0.15) is 4.98 Å². The Kier molecular flexibility index (Phi) is 4.31. The molecule has 3 heterocycles. The number of fused-ring (bicyclic) bond motifs is 9. The summed E-state index contributed by atoms with van der Waals surface area (Å²) in [5.74, 6) is 0.383. The van der Waals surface area contributed by atoms with Crippen LogP contribution in [0.2, 0.25) is 0 Å². The fraction of sp³-hybridized carbons (Fsp3) is 0. The van der Waals surface area contributed by atoms with Crippen LogP contribution >= 0.6 is 0 Å². The fourth-order valence-corrected chi connectivity index (χ4v) is 5.56. The van der Waals surface area contributed by atoms with E-state index in [0.29, 0.717) is 11.5 Å². The van der Waals surface area contributed by atoms with Gasteiger partial charge < -0.3 is 4.42 Å². The molecule has 0 atom stereocenters. The number of hydrogen-bond donors (Lipinski definition) is 0. The third kappa shape index (κ3) is 2.96. The van der Waals surface area contributed by atoms with Crippen molar-refractivity contribution in [2.45, 2.75) is 0 Å². The second kappa shape index (κ2) is 7.85. The molecule has 8 rings (SSSR count). The smallest absolute Gasteiger partial charge is 0.355 e. The summed E-state index contributed by atoms with van der Waals surface area (Å²) in [5.41, 5.74) is 5.51. The molecule has 5 heteroatoms. The molecule has 0 spiro atoms. The summed E-state index contributed by atoms with van der Waals surface area (Å²) in [7, 11) is 0. The quantitative estimate of drug-likeness (QED) is 0.234. The molecule has 0 unspecified atom stereocenters. The van der Waals surface area contributed by atoms with Gasteiger partial charge in [0.1, 0.15) is 11.2 Å². The predicted octanol–water partition coefficient (Wildman–Crippen LogP) is 7.63. The number of furan rings is 1. The largest absolute Gasteiger partial charge is 0.456 e. The standard InChI is InChI=1S/C33H19N3O2/c37-33-35-31(34-32-24-13-5-4-11-22(24)23-12-6-7-15-27(23)36(32)33)25-14-8-16-29-30(25)26-19-21(17-18-28(26)38-29)20-9-2-1-3-10-20/h1-19H. The first-order valence-corrected chi connectivity index (χ1v) is 12.5. The van der Waals surface area contributed by atoms with Gasteiger partial charge in [-0.1, -0.05) is 91.0 Å². The normalized spacial score (nSPS) is 11.8. The van der Waals surface area contributed by atoms with Crippen LogP contribution in [-0.2, 0) is 0 Å². The van der Waals surface area contributed by atoms with Crippen molar-refractivity contribution in [1.82, 2.24) is 14.4 Å². The molecule has 3 aromatic heterocycles. The summed E-state index contributed by atoms with van der Waals surface area (Å²) in [6, 6.07) is 38.2. The van der Waals surface area contributed by atoms with Crippen LogP contribution in [0.5, 0.6) is 0 Å². The Morgan fingerprint density at radius 1 is 0.579 bits per heavy atom. The van der Waals surface area contributed by atoms with Gasteiger partial charge in [0, 0.05) is 27.1 Å². The van der Waals surface area contributed by atoms with E-state index in [1.165, 1.54) is 0 Å². The molecule has 178 valence electrons. The first-order chi connectivity index (χ1) is 18.8. The van der Waals surface area contributed by atoms with E-state index in [1.54, 1.807) is 4.40 Å². The number of hydrogen-bond acceptors (Lipinski definition) is 4. The van der Waals surface area contributed by atoms with Crippen LogP contribution in [0.4, 0.5) is 0 Å². The minimum Gasteiger partial charge on any atom is -0.456 e. The van der Waals surface area contributed by atoms with Crippen LogP contribution in [0.15, 0.2) is 124 Å². The lowest BCUT2D eigenvalue weighted by Crippen LogP contribution is -2.20. The molecule has 0 N–H and O–H groups in total. The zero-order chi connectivity index (χ0) is 25.2. The Labute approximate surface area is 216 Å². The highest BCUT2D eigenvalue weighted by molar-refractivity contribution is 6.14. The summed E-state index contributed by atoms with van der Waals surface area (Å²) in [4.78, 5) is 23.1. The van der Waals surface area contributed by atoms with Crippen molar-refractivity contribution in [1.29, 1.82) is 0 Å². The third-order valence-electron chi connectivity index (χ3n) is 7.26. The van der Waals surface area contributed by atoms with Crippen LogP contribution in [-0.4, -0.2) is 14.4 Å². The summed E-state index contributed by atoms with van der Waals surface area (Å²) >= 11 is 0. The average Bonchev–Trinajstić information content (AvgIpc) is 3.36. The highest BCUT2D eigenvalue weighted by atomic mass is 16.3. The lowest BCUT2D eigenvalue weighted by Gasteiger charge is -2.11. The molecule has 5 nitrogen and oxygen atoms in total. The first-order valence-electron chi connectivity index (χ1n) is 12.5. The average molecular weight is 490 g/mol. The van der Waals surface area contributed by atoms with Gasteiger partial charge in [0.05, 0.1) is 5.52 Å². The van der Waals surface area contributed by atoms with E-state index >= 15 is 0 Å². The summed E-state index contributed by atoms with van der Waals surface area (Å²) in [6.07, 6.45) is 0. The Morgan fingerprint density at radius 2 is 1.34 bits per heavy atom. The van der Waals surface area contributed by atoms with E-state index in [9.17, 15) is 4.79 Å².